The molecule has 0 fully saturated rings. The zero-order valence-corrected chi connectivity index (χ0v) is 11.3. The van der Waals surface area contributed by atoms with Gasteiger partial charge in [0.1, 0.15) is 6.61 Å². The minimum atomic E-state index is -0.571. The molecule has 0 saturated heterocycles. The summed E-state index contributed by atoms with van der Waals surface area (Å²) in [4.78, 5) is 9.95. The van der Waals surface area contributed by atoms with Crippen LogP contribution in [0.5, 0.6) is 11.5 Å². The van der Waals surface area contributed by atoms with Crippen LogP contribution in [0.3, 0.4) is 0 Å². The Morgan fingerprint density at radius 1 is 1.21 bits per heavy atom. The van der Waals surface area contributed by atoms with E-state index in [1.165, 1.54) is 12.1 Å². The molecule has 19 heavy (non-hydrogen) atoms. The third kappa shape index (κ3) is 3.45. The Morgan fingerprint density at radius 2 is 1.89 bits per heavy atom. The van der Waals surface area contributed by atoms with Crippen LogP contribution in [0.1, 0.15) is 5.56 Å². The second kappa shape index (κ2) is 5.71. The van der Waals surface area contributed by atoms with E-state index in [0.29, 0.717) is 0 Å². The summed E-state index contributed by atoms with van der Waals surface area (Å²) in [6.45, 7) is 0.276. The van der Waals surface area contributed by atoms with Gasteiger partial charge in [-0.15, -0.1) is 0 Å². The number of hydrogen-bond donors (Lipinski definition) is 1. The lowest BCUT2D eigenvalue weighted by atomic mass is 10.2. The summed E-state index contributed by atoms with van der Waals surface area (Å²) in [6.07, 6.45) is 0. The highest BCUT2D eigenvalue weighted by atomic mass is 79.9. The van der Waals surface area contributed by atoms with Crippen molar-refractivity contribution in [3.05, 3.63) is 62.6 Å². The highest BCUT2D eigenvalue weighted by Gasteiger charge is 2.10. The van der Waals surface area contributed by atoms with Crippen LogP contribution in [0.15, 0.2) is 46.9 Å². The zero-order chi connectivity index (χ0) is 13.8. The molecule has 0 amide bonds. The van der Waals surface area contributed by atoms with Crippen molar-refractivity contribution in [1.29, 1.82) is 0 Å². The molecule has 98 valence electrons. The van der Waals surface area contributed by atoms with E-state index >= 15 is 0 Å². The molecule has 2 aromatic rings. The third-order valence-electron chi connectivity index (χ3n) is 2.46. The largest absolute Gasteiger partial charge is 0.504 e. The highest BCUT2D eigenvalue weighted by molar-refractivity contribution is 9.10. The number of aromatic hydroxyl groups is 1. The number of benzene rings is 2. The first kappa shape index (κ1) is 13.4. The summed E-state index contributed by atoms with van der Waals surface area (Å²) < 4.78 is 6.38. The maximum atomic E-state index is 10.5. The van der Waals surface area contributed by atoms with Crippen LogP contribution >= 0.6 is 15.9 Å². The fraction of sp³-hybridized carbons (Fsp3) is 0.0769. The Bertz CT molecular complexity index is 598. The highest BCUT2D eigenvalue weighted by Crippen LogP contribution is 2.30. The summed E-state index contributed by atoms with van der Waals surface area (Å²) in [5, 5.41) is 20.2. The first-order chi connectivity index (χ1) is 9.06. The second-order valence-electron chi connectivity index (χ2n) is 3.82. The van der Waals surface area contributed by atoms with Gasteiger partial charge >= 0.3 is 0 Å². The SMILES string of the molecule is O=[N+]([O-])c1ccc(OCc2ccc(Br)cc2)c(O)c1. The molecule has 6 heteroatoms. The topological polar surface area (TPSA) is 72.6 Å². The predicted molar refractivity (Wildman–Crippen MR) is 73.2 cm³/mol. The van der Waals surface area contributed by atoms with Crippen molar-refractivity contribution < 1.29 is 14.8 Å². The van der Waals surface area contributed by atoms with Gasteiger partial charge in [0.05, 0.1) is 11.0 Å². The maximum absolute atomic E-state index is 10.5. The number of nitro groups is 1. The molecule has 0 atom stereocenters. The number of phenols is 1. The molecule has 5 nitrogen and oxygen atoms in total. The van der Waals surface area contributed by atoms with Crippen molar-refractivity contribution in [2.45, 2.75) is 6.61 Å². The van der Waals surface area contributed by atoms with E-state index in [1.54, 1.807) is 0 Å². The zero-order valence-electron chi connectivity index (χ0n) is 9.75. The van der Waals surface area contributed by atoms with Gasteiger partial charge in [0.15, 0.2) is 11.5 Å². The monoisotopic (exact) mass is 323 g/mol. The summed E-state index contributed by atoms with van der Waals surface area (Å²) in [7, 11) is 0. The average Bonchev–Trinajstić information content (AvgIpc) is 2.39. The summed E-state index contributed by atoms with van der Waals surface area (Å²) in [5.41, 5.74) is 0.759. The molecular formula is C13H10BrNO4. The fourth-order valence-corrected chi connectivity index (χ4v) is 1.75. The van der Waals surface area contributed by atoms with Gasteiger partial charge in [-0.25, -0.2) is 0 Å². The lowest BCUT2D eigenvalue weighted by molar-refractivity contribution is -0.385. The van der Waals surface area contributed by atoms with Crippen LogP contribution in [0, 0.1) is 10.1 Å². The normalized spacial score (nSPS) is 10.2. The first-order valence-electron chi connectivity index (χ1n) is 5.41. The number of nitrogens with zero attached hydrogens (tertiary/aromatic N) is 1. The minimum absolute atomic E-state index is 0.173. The first-order valence-corrected chi connectivity index (χ1v) is 6.20. The van der Waals surface area contributed by atoms with Crippen molar-refractivity contribution in [1.82, 2.24) is 0 Å². The molecule has 0 heterocycles. The minimum Gasteiger partial charge on any atom is -0.504 e. The Balaban J connectivity index is 2.07. The van der Waals surface area contributed by atoms with Crippen LogP contribution in [-0.4, -0.2) is 10.0 Å². The number of ether oxygens (including phenoxy) is 1. The fourth-order valence-electron chi connectivity index (χ4n) is 1.48. The van der Waals surface area contributed by atoms with Gasteiger partial charge in [-0.05, 0) is 23.8 Å². The van der Waals surface area contributed by atoms with E-state index in [2.05, 4.69) is 15.9 Å². The number of nitro benzene ring substituents is 1. The third-order valence-corrected chi connectivity index (χ3v) is 2.99. The maximum Gasteiger partial charge on any atom is 0.273 e. The molecule has 0 spiro atoms. The molecule has 0 radical (unpaired) electrons. The van der Waals surface area contributed by atoms with E-state index in [1.807, 2.05) is 24.3 Å². The van der Waals surface area contributed by atoms with Crippen LogP contribution < -0.4 is 4.74 Å². The molecule has 0 saturated carbocycles. The van der Waals surface area contributed by atoms with Crippen molar-refractivity contribution in [2.24, 2.45) is 0 Å². The molecule has 0 bridgehead atoms. The number of hydrogen-bond acceptors (Lipinski definition) is 4. The van der Waals surface area contributed by atoms with Gasteiger partial charge in [-0.3, -0.25) is 10.1 Å². The lowest BCUT2D eigenvalue weighted by Gasteiger charge is -2.08. The van der Waals surface area contributed by atoms with Gasteiger partial charge in [-0.2, -0.15) is 0 Å². The number of rotatable bonds is 4. The van der Waals surface area contributed by atoms with Crippen LogP contribution in [0.4, 0.5) is 5.69 Å². The molecule has 0 aliphatic rings. The van der Waals surface area contributed by atoms with E-state index in [9.17, 15) is 15.2 Å². The molecule has 0 unspecified atom stereocenters. The molecule has 0 aromatic heterocycles. The molecule has 1 N–H and O–H groups in total. The Hall–Kier alpha value is -2.08. The summed E-state index contributed by atoms with van der Waals surface area (Å²) in [6, 6.07) is 11.3. The quantitative estimate of drug-likeness (QED) is 0.688. The summed E-state index contributed by atoms with van der Waals surface area (Å²) in [5.74, 6) is -0.0279. The van der Waals surface area contributed by atoms with Gasteiger partial charge in [0, 0.05) is 10.5 Å². The van der Waals surface area contributed by atoms with Crippen molar-refractivity contribution in [3.8, 4) is 11.5 Å². The Morgan fingerprint density at radius 3 is 2.47 bits per heavy atom. The molecule has 2 aromatic carbocycles. The lowest BCUT2D eigenvalue weighted by Crippen LogP contribution is -1.96. The number of halogens is 1. The van der Waals surface area contributed by atoms with Crippen LogP contribution in [-0.2, 0) is 6.61 Å². The Labute approximate surface area is 117 Å². The van der Waals surface area contributed by atoms with E-state index in [4.69, 9.17) is 4.74 Å². The number of non-ortho nitro benzene ring substituents is 1. The van der Waals surface area contributed by atoms with Crippen molar-refractivity contribution in [2.75, 3.05) is 0 Å². The van der Waals surface area contributed by atoms with Gasteiger partial charge < -0.3 is 9.84 Å². The van der Waals surface area contributed by atoms with Gasteiger partial charge in [0.2, 0.25) is 0 Å². The molecule has 2 rings (SSSR count). The predicted octanol–water partition coefficient (Wildman–Crippen LogP) is 3.64. The van der Waals surface area contributed by atoms with Gasteiger partial charge in [0.25, 0.3) is 5.69 Å². The Kier molecular flexibility index (Phi) is 4.01. The number of phenolic OH excluding ortho intramolecular Hbond substituents is 1. The van der Waals surface area contributed by atoms with Crippen LogP contribution in [0.2, 0.25) is 0 Å². The molecular weight excluding hydrogens is 314 g/mol. The van der Waals surface area contributed by atoms with Crippen molar-refractivity contribution >= 4 is 21.6 Å². The van der Waals surface area contributed by atoms with Crippen LogP contribution in [0.25, 0.3) is 0 Å². The molecule has 0 aliphatic heterocycles. The standard InChI is InChI=1S/C13H10BrNO4/c14-10-3-1-9(2-4-10)8-19-13-6-5-11(15(17)18)7-12(13)16/h1-7,16H,8H2. The smallest absolute Gasteiger partial charge is 0.273 e. The van der Waals surface area contributed by atoms with Crippen molar-refractivity contribution in [3.63, 3.8) is 0 Å². The van der Waals surface area contributed by atoms with E-state index in [0.717, 1.165) is 16.1 Å². The molecule has 0 aliphatic carbocycles. The average molecular weight is 324 g/mol. The summed E-state index contributed by atoms with van der Waals surface area (Å²) >= 11 is 3.33. The van der Waals surface area contributed by atoms with E-state index < -0.39 is 4.92 Å². The van der Waals surface area contributed by atoms with E-state index in [-0.39, 0.29) is 23.8 Å². The second-order valence-corrected chi connectivity index (χ2v) is 4.74. The van der Waals surface area contributed by atoms with Gasteiger partial charge in [-0.1, -0.05) is 28.1 Å².